The smallest absolute Gasteiger partial charge is 0.378 e. The van der Waals surface area contributed by atoms with E-state index >= 15 is 0 Å². The third-order valence-electron chi connectivity index (χ3n) is 2.34. The average Bonchev–Trinajstić information content (AvgIpc) is 2.58. The fourth-order valence-corrected chi connectivity index (χ4v) is 1.68. The molecule has 71 valence electrons. The maximum Gasteiger partial charge on any atom is 0.378 e. The fraction of sp³-hybridized carbons (Fsp3) is 0.182. The van der Waals surface area contributed by atoms with Crippen molar-refractivity contribution in [3.05, 3.63) is 42.0 Å². The first-order chi connectivity index (χ1) is 6.77. The summed E-state index contributed by atoms with van der Waals surface area (Å²) in [6.45, 7) is 0.753. The van der Waals surface area contributed by atoms with Crippen molar-refractivity contribution in [2.24, 2.45) is 0 Å². The fourth-order valence-electron chi connectivity index (χ4n) is 1.68. The predicted octanol–water partition coefficient (Wildman–Crippen LogP) is 1.71. The van der Waals surface area contributed by atoms with E-state index in [1.54, 1.807) is 6.08 Å². The Labute approximate surface area is 82.1 Å². The summed E-state index contributed by atoms with van der Waals surface area (Å²) < 4.78 is 0. The Morgan fingerprint density at radius 3 is 3.00 bits per heavy atom. The highest BCUT2D eigenvalue weighted by Crippen LogP contribution is 2.31. The van der Waals surface area contributed by atoms with Gasteiger partial charge in [0, 0.05) is 24.2 Å². The minimum absolute atomic E-state index is 0.143. The van der Waals surface area contributed by atoms with Gasteiger partial charge in [-0.15, -0.1) is 0 Å². The van der Waals surface area contributed by atoms with E-state index in [1.165, 1.54) is 0 Å². The van der Waals surface area contributed by atoms with Crippen molar-refractivity contribution in [1.29, 1.82) is 0 Å². The maximum atomic E-state index is 10.2. The normalized spacial score (nSPS) is 19.3. The van der Waals surface area contributed by atoms with Crippen molar-refractivity contribution < 1.29 is 9.90 Å². The number of hydrogen-bond acceptors (Lipinski definition) is 2. The van der Waals surface area contributed by atoms with Crippen LogP contribution >= 0.6 is 0 Å². The van der Waals surface area contributed by atoms with E-state index in [0.717, 1.165) is 23.9 Å². The first-order valence-electron chi connectivity index (χ1n) is 4.49. The van der Waals surface area contributed by atoms with E-state index in [1.807, 2.05) is 24.3 Å². The molecule has 0 bridgehead atoms. The van der Waals surface area contributed by atoms with Crippen molar-refractivity contribution in [2.45, 2.75) is 5.92 Å². The zero-order chi connectivity index (χ0) is 9.97. The van der Waals surface area contributed by atoms with E-state index in [-0.39, 0.29) is 5.92 Å². The van der Waals surface area contributed by atoms with Crippen molar-refractivity contribution in [1.82, 2.24) is 0 Å². The molecular weight excluding hydrogens is 178 g/mol. The van der Waals surface area contributed by atoms with Gasteiger partial charge in [-0.3, -0.25) is 0 Å². The molecule has 1 radical (unpaired) electrons. The van der Waals surface area contributed by atoms with Crippen LogP contribution in [0.5, 0.6) is 0 Å². The summed E-state index contributed by atoms with van der Waals surface area (Å²) in [5.74, 6) is -1.00. The minimum atomic E-state index is -1.14. The summed E-state index contributed by atoms with van der Waals surface area (Å²) in [5, 5.41) is 13.5. The number of nitrogens with one attached hydrogen (secondary N) is 1. The number of rotatable bonds is 2. The number of para-hydroxylation sites is 1. The van der Waals surface area contributed by atoms with Gasteiger partial charge in [0.15, 0.2) is 0 Å². The molecule has 0 amide bonds. The molecule has 0 saturated heterocycles. The van der Waals surface area contributed by atoms with Crippen LogP contribution in [0.1, 0.15) is 11.5 Å². The summed E-state index contributed by atoms with van der Waals surface area (Å²) >= 11 is 0. The predicted molar refractivity (Wildman–Crippen MR) is 52.5 cm³/mol. The molecule has 1 heterocycles. The van der Waals surface area contributed by atoms with Crippen LogP contribution in [0, 0.1) is 0 Å². The Bertz CT molecular complexity index is 385. The molecule has 0 spiro atoms. The van der Waals surface area contributed by atoms with E-state index in [9.17, 15) is 9.90 Å². The second-order valence-corrected chi connectivity index (χ2v) is 3.25. The number of carbonyl (C=O) groups excluding carboxylic acids is 1. The lowest BCUT2D eigenvalue weighted by molar-refractivity contribution is -0.137. The van der Waals surface area contributed by atoms with E-state index in [4.69, 9.17) is 0 Å². The number of anilines is 1. The summed E-state index contributed by atoms with van der Waals surface area (Å²) in [4.78, 5) is 10.2. The van der Waals surface area contributed by atoms with Crippen LogP contribution < -0.4 is 5.32 Å². The van der Waals surface area contributed by atoms with Crippen LogP contribution in [0.4, 0.5) is 5.69 Å². The second-order valence-electron chi connectivity index (χ2n) is 3.25. The highest BCUT2D eigenvalue weighted by atomic mass is 16.4. The zero-order valence-corrected chi connectivity index (χ0v) is 7.57. The van der Waals surface area contributed by atoms with Gasteiger partial charge in [0.1, 0.15) is 0 Å². The van der Waals surface area contributed by atoms with Gasteiger partial charge in [0.05, 0.1) is 0 Å². The topological polar surface area (TPSA) is 49.0 Å². The first kappa shape index (κ1) is 8.81. The van der Waals surface area contributed by atoms with Gasteiger partial charge in [-0.1, -0.05) is 24.3 Å². The molecule has 0 aliphatic carbocycles. The van der Waals surface area contributed by atoms with E-state index in [0.29, 0.717) is 0 Å². The molecule has 1 atom stereocenters. The Hall–Kier alpha value is -1.77. The van der Waals surface area contributed by atoms with Crippen molar-refractivity contribution in [2.75, 3.05) is 11.9 Å². The van der Waals surface area contributed by atoms with Crippen LogP contribution in [0.25, 0.3) is 0 Å². The number of carbonyl (C=O) groups is 1. The minimum Gasteiger partial charge on any atom is -0.384 e. The lowest BCUT2D eigenvalue weighted by Gasteiger charge is -2.01. The molecule has 1 aromatic carbocycles. The molecular formula is C11H10NO2. The van der Waals surface area contributed by atoms with Gasteiger partial charge in [-0.2, -0.15) is 0 Å². The lowest BCUT2D eigenvalue weighted by Crippen LogP contribution is -1.99. The molecule has 1 N–H and O–H groups in total. The first-order valence-corrected chi connectivity index (χ1v) is 4.49. The Morgan fingerprint density at radius 2 is 2.21 bits per heavy atom. The lowest BCUT2D eigenvalue weighted by atomic mass is 10.0. The van der Waals surface area contributed by atoms with E-state index in [2.05, 4.69) is 5.32 Å². The van der Waals surface area contributed by atoms with Gasteiger partial charge in [-0.25, -0.2) is 9.90 Å². The molecule has 1 aliphatic rings. The third-order valence-corrected chi connectivity index (χ3v) is 2.34. The van der Waals surface area contributed by atoms with Crippen LogP contribution in [0.15, 0.2) is 36.4 Å². The largest absolute Gasteiger partial charge is 0.384 e. The number of fused-ring (bicyclic) bond motifs is 1. The molecule has 3 nitrogen and oxygen atoms in total. The maximum absolute atomic E-state index is 10.2. The summed E-state index contributed by atoms with van der Waals surface area (Å²) in [5.41, 5.74) is 2.23. The van der Waals surface area contributed by atoms with Crippen molar-refractivity contribution in [3.63, 3.8) is 0 Å². The summed E-state index contributed by atoms with van der Waals surface area (Å²) in [6, 6.07) is 7.89. The molecule has 14 heavy (non-hydrogen) atoms. The van der Waals surface area contributed by atoms with Crippen LogP contribution in [-0.4, -0.2) is 12.5 Å². The Morgan fingerprint density at radius 1 is 1.43 bits per heavy atom. The quantitative estimate of drug-likeness (QED) is 0.718. The SMILES string of the molecule is [O]C(=O)C=CC1CNc2ccccc21. The Kier molecular flexibility index (Phi) is 2.23. The molecule has 1 aromatic rings. The highest BCUT2D eigenvalue weighted by Gasteiger charge is 2.18. The number of hydrogen-bond donors (Lipinski definition) is 1. The summed E-state index contributed by atoms with van der Waals surface area (Å²) in [6.07, 6.45) is 2.75. The second kappa shape index (κ2) is 3.54. The number of benzene rings is 1. The van der Waals surface area contributed by atoms with Crippen LogP contribution in [-0.2, 0) is 9.90 Å². The Balaban J connectivity index is 2.22. The molecule has 3 heteroatoms. The van der Waals surface area contributed by atoms with Crippen molar-refractivity contribution >= 4 is 11.7 Å². The van der Waals surface area contributed by atoms with Gasteiger partial charge < -0.3 is 5.32 Å². The molecule has 0 fully saturated rings. The molecule has 0 saturated carbocycles. The van der Waals surface area contributed by atoms with Gasteiger partial charge in [0.2, 0.25) is 0 Å². The standard InChI is InChI=1S/C11H10NO2/c13-11(14)6-5-8-7-12-10-4-2-1-3-9(8)10/h1-6,8,12H,7H2. The average molecular weight is 188 g/mol. The third kappa shape index (κ3) is 1.62. The zero-order valence-electron chi connectivity index (χ0n) is 7.57. The monoisotopic (exact) mass is 188 g/mol. The van der Waals surface area contributed by atoms with Crippen LogP contribution in [0.3, 0.4) is 0 Å². The highest BCUT2D eigenvalue weighted by molar-refractivity contribution is 5.79. The molecule has 0 aromatic heterocycles. The molecule has 2 rings (SSSR count). The van der Waals surface area contributed by atoms with Gasteiger partial charge in [0.25, 0.3) is 0 Å². The van der Waals surface area contributed by atoms with Gasteiger partial charge >= 0.3 is 5.97 Å². The molecule has 1 aliphatic heterocycles. The summed E-state index contributed by atoms with van der Waals surface area (Å²) in [7, 11) is 0. The molecule has 1 unspecified atom stereocenters. The van der Waals surface area contributed by atoms with Crippen molar-refractivity contribution in [3.8, 4) is 0 Å². The van der Waals surface area contributed by atoms with Gasteiger partial charge in [-0.05, 0) is 11.6 Å². The van der Waals surface area contributed by atoms with E-state index < -0.39 is 5.97 Å². The van der Waals surface area contributed by atoms with Crippen LogP contribution in [0.2, 0.25) is 0 Å².